The summed E-state index contributed by atoms with van der Waals surface area (Å²) >= 11 is 5.82. The topological polar surface area (TPSA) is 48.7 Å². The molecule has 90 valence electrons. The smallest absolute Gasteiger partial charge is 0.140 e. The van der Waals surface area contributed by atoms with Gasteiger partial charge in [0.2, 0.25) is 0 Å². The van der Waals surface area contributed by atoms with Crippen LogP contribution in [0.4, 0.5) is 0 Å². The van der Waals surface area contributed by atoms with E-state index in [0.29, 0.717) is 12.2 Å². The van der Waals surface area contributed by atoms with Gasteiger partial charge in [-0.15, -0.1) is 0 Å². The van der Waals surface area contributed by atoms with Crippen molar-refractivity contribution >= 4 is 11.6 Å². The molecule has 1 aromatic carbocycles. The maximum atomic E-state index is 8.75. The number of benzene rings is 1. The number of nitriles is 1. The number of halogens is 1. The molecule has 0 spiro atoms. The Balaban J connectivity index is 1.88. The van der Waals surface area contributed by atoms with Crippen LogP contribution in [0.5, 0.6) is 0 Å². The van der Waals surface area contributed by atoms with E-state index >= 15 is 0 Å². The van der Waals surface area contributed by atoms with Crippen LogP contribution in [0.3, 0.4) is 0 Å². The lowest BCUT2D eigenvalue weighted by Gasteiger charge is -2.05. The lowest BCUT2D eigenvalue weighted by Crippen LogP contribution is -2.12. The summed E-state index contributed by atoms with van der Waals surface area (Å²) in [6.45, 7) is 1.47. The maximum Gasteiger partial charge on any atom is 0.140 e. The van der Waals surface area contributed by atoms with Crippen molar-refractivity contribution in [1.29, 1.82) is 5.26 Å². The lowest BCUT2D eigenvalue weighted by molar-refractivity contribution is 0.692. The number of rotatable bonds is 4. The first-order valence-electron chi connectivity index (χ1n) is 5.58. The summed E-state index contributed by atoms with van der Waals surface area (Å²) in [6, 6.07) is 13.4. The molecule has 0 bridgehead atoms. The van der Waals surface area contributed by atoms with Gasteiger partial charge in [-0.1, -0.05) is 23.7 Å². The van der Waals surface area contributed by atoms with Crippen molar-refractivity contribution in [2.24, 2.45) is 0 Å². The standard InChI is InChI=1S/C14H12ClN3/c15-13-3-1-11(2-4-13)9-17-10-12-5-6-18-14(7-12)8-16/h1-7,17H,9-10H2. The highest BCUT2D eigenvalue weighted by Crippen LogP contribution is 2.09. The molecule has 2 rings (SSSR count). The summed E-state index contributed by atoms with van der Waals surface area (Å²) in [7, 11) is 0. The van der Waals surface area contributed by atoms with E-state index in [0.717, 1.165) is 17.1 Å². The van der Waals surface area contributed by atoms with E-state index < -0.39 is 0 Å². The molecule has 0 saturated carbocycles. The number of pyridine rings is 1. The fourth-order valence-electron chi connectivity index (χ4n) is 1.60. The molecular formula is C14H12ClN3. The van der Waals surface area contributed by atoms with Gasteiger partial charge in [-0.2, -0.15) is 5.26 Å². The van der Waals surface area contributed by atoms with E-state index in [2.05, 4.69) is 10.3 Å². The van der Waals surface area contributed by atoms with Crippen LogP contribution in [-0.2, 0) is 13.1 Å². The molecule has 0 aliphatic carbocycles. The van der Waals surface area contributed by atoms with Gasteiger partial charge in [0.05, 0.1) is 0 Å². The number of aromatic nitrogens is 1. The van der Waals surface area contributed by atoms with Gasteiger partial charge in [0.25, 0.3) is 0 Å². The second kappa shape index (κ2) is 6.15. The minimum Gasteiger partial charge on any atom is -0.309 e. The highest BCUT2D eigenvalue weighted by atomic mass is 35.5. The third-order valence-corrected chi connectivity index (χ3v) is 2.76. The Morgan fingerprint density at radius 2 is 1.83 bits per heavy atom. The Morgan fingerprint density at radius 1 is 1.11 bits per heavy atom. The minimum atomic E-state index is 0.445. The molecule has 0 amide bonds. The minimum absolute atomic E-state index is 0.445. The SMILES string of the molecule is N#Cc1cc(CNCc2ccc(Cl)cc2)ccn1. The highest BCUT2D eigenvalue weighted by molar-refractivity contribution is 6.30. The van der Waals surface area contributed by atoms with Crippen LogP contribution in [-0.4, -0.2) is 4.98 Å². The first kappa shape index (κ1) is 12.6. The van der Waals surface area contributed by atoms with E-state index in [-0.39, 0.29) is 0 Å². The average Bonchev–Trinajstić information content (AvgIpc) is 2.41. The summed E-state index contributed by atoms with van der Waals surface area (Å²) in [5.41, 5.74) is 2.67. The molecule has 2 aromatic rings. The van der Waals surface area contributed by atoms with Crippen LogP contribution in [0.25, 0.3) is 0 Å². The number of nitrogens with zero attached hydrogens (tertiary/aromatic N) is 2. The predicted octanol–water partition coefficient (Wildman–Crippen LogP) is 2.90. The van der Waals surface area contributed by atoms with Crippen molar-refractivity contribution in [2.45, 2.75) is 13.1 Å². The van der Waals surface area contributed by atoms with Crippen molar-refractivity contribution in [2.75, 3.05) is 0 Å². The molecular weight excluding hydrogens is 246 g/mol. The lowest BCUT2D eigenvalue weighted by atomic mass is 10.2. The quantitative estimate of drug-likeness (QED) is 0.916. The van der Waals surface area contributed by atoms with E-state index in [1.165, 1.54) is 5.56 Å². The molecule has 0 radical (unpaired) electrons. The highest BCUT2D eigenvalue weighted by Gasteiger charge is 1.97. The third-order valence-electron chi connectivity index (χ3n) is 2.51. The molecule has 1 heterocycles. The van der Waals surface area contributed by atoms with Gasteiger partial charge < -0.3 is 5.32 Å². The van der Waals surface area contributed by atoms with Crippen LogP contribution in [0.15, 0.2) is 42.6 Å². The second-order valence-electron chi connectivity index (χ2n) is 3.89. The van der Waals surface area contributed by atoms with E-state index in [4.69, 9.17) is 16.9 Å². The predicted molar refractivity (Wildman–Crippen MR) is 70.9 cm³/mol. The average molecular weight is 258 g/mol. The number of nitrogens with one attached hydrogen (secondary N) is 1. The molecule has 1 aromatic heterocycles. The Morgan fingerprint density at radius 3 is 2.56 bits per heavy atom. The summed E-state index contributed by atoms with van der Waals surface area (Å²) in [4.78, 5) is 3.93. The Kier molecular flexibility index (Phi) is 4.30. The zero-order valence-corrected chi connectivity index (χ0v) is 10.5. The summed E-state index contributed by atoms with van der Waals surface area (Å²) in [6.07, 6.45) is 1.65. The second-order valence-corrected chi connectivity index (χ2v) is 4.33. The fraction of sp³-hybridized carbons (Fsp3) is 0.143. The van der Waals surface area contributed by atoms with Gasteiger partial charge in [0, 0.05) is 24.3 Å². The van der Waals surface area contributed by atoms with E-state index in [1.54, 1.807) is 12.3 Å². The van der Waals surface area contributed by atoms with Crippen LogP contribution >= 0.6 is 11.6 Å². The zero-order chi connectivity index (χ0) is 12.8. The van der Waals surface area contributed by atoms with E-state index in [1.807, 2.05) is 36.4 Å². The molecule has 1 N–H and O–H groups in total. The molecule has 0 atom stereocenters. The third kappa shape index (κ3) is 3.56. The van der Waals surface area contributed by atoms with Crippen molar-refractivity contribution in [3.05, 3.63) is 64.4 Å². The molecule has 3 nitrogen and oxygen atoms in total. The van der Waals surface area contributed by atoms with E-state index in [9.17, 15) is 0 Å². The molecule has 0 saturated heterocycles. The van der Waals surface area contributed by atoms with Crippen molar-refractivity contribution < 1.29 is 0 Å². The van der Waals surface area contributed by atoms with Gasteiger partial charge in [-0.05, 0) is 35.4 Å². The van der Waals surface area contributed by atoms with Crippen LogP contribution < -0.4 is 5.32 Å². The van der Waals surface area contributed by atoms with Crippen molar-refractivity contribution in [3.63, 3.8) is 0 Å². The van der Waals surface area contributed by atoms with Crippen LogP contribution in [0, 0.1) is 11.3 Å². The Hall–Kier alpha value is -1.89. The van der Waals surface area contributed by atoms with Crippen molar-refractivity contribution in [1.82, 2.24) is 10.3 Å². The molecule has 4 heteroatoms. The van der Waals surface area contributed by atoms with Gasteiger partial charge in [-0.3, -0.25) is 0 Å². The molecule has 0 aliphatic rings. The van der Waals surface area contributed by atoms with Gasteiger partial charge in [-0.25, -0.2) is 4.98 Å². The zero-order valence-electron chi connectivity index (χ0n) is 9.73. The number of hydrogen-bond acceptors (Lipinski definition) is 3. The monoisotopic (exact) mass is 257 g/mol. The van der Waals surface area contributed by atoms with Crippen molar-refractivity contribution in [3.8, 4) is 6.07 Å². The van der Waals surface area contributed by atoms with Gasteiger partial charge in [0.15, 0.2) is 0 Å². The molecule has 0 fully saturated rings. The summed E-state index contributed by atoms with van der Waals surface area (Å²) in [5, 5.41) is 12.8. The van der Waals surface area contributed by atoms with Gasteiger partial charge >= 0.3 is 0 Å². The van der Waals surface area contributed by atoms with Gasteiger partial charge in [0.1, 0.15) is 11.8 Å². The fourth-order valence-corrected chi connectivity index (χ4v) is 1.72. The first-order valence-corrected chi connectivity index (χ1v) is 5.96. The first-order chi connectivity index (χ1) is 8.78. The Labute approximate surface area is 111 Å². The summed E-state index contributed by atoms with van der Waals surface area (Å²) in [5.74, 6) is 0. The Bertz CT molecular complexity index is 558. The number of hydrogen-bond donors (Lipinski definition) is 1. The molecule has 0 unspecified atom stereocenters. The van der Waals surface area contributed by atoms with Crippen LogP contribution in [0.2, 0.25) is 5.02 Å². The molecule has 0 aliphatic heterocycles. The molecule has 18 heavy (non-hydrogen) atoms. The largest absolute Gasteiger partial charge is 0.309 e. The summed E-state index contributed by atoms with van der Waals surface area (Å²) < 4.78 is 0. The normalized spacial score (nSPS) is 10.0. The van der Waals surface area contributed by atoms with Crippen LogP contribution in [0.1, 0.15) is 16.8 Å². The maximum absolute atomic E-state index is 8.75.